The van der Waals surface area contributed by atoms with Crippen molar-refractivity contribution >= 4 is 29.2 Å². The van der Waals surface area contributed by atoms with Crippen molar-refractivity contribution in [3.63, 3.8) is 0 Å². The van der Waals surface area contributed by atoms with Crippen molar-refractivity contribution in [1.82, 2.24) is 10.6 Å². The van der Waals surface area contributed by atoms with Crippen LogP contribution < -0.4 is 68.8 Å². The molecule has 0 heterocycles. The number of nitrogens with one attached hydrogen (secondary N) is 2. The number of nitrogens with zero attached hydrogens (tertiary/aromatic N) is 1. The number of ketones is 1. The van der Waals surface area contributed by atoms with E-state index in [9.17, 15) is 19.2 Å². The van der Waals surface area contributed by atoms with Crippen LogP contribution in [0.5, 0.6) is 0 Å². The molecule has 0 aromatic heterocycles. The predicted molar refractivity (Wildman–Crippen MR) is 105 cm³/mol. The van der Waals surface area contributed by atoms with Gasteiger partial charge in [-0.05, 0) is 18.9 Å². The van der Waals surface area contributed by atoms with E-state index in [1.165, 1.54) is 6.92 Å². The van der Waals surface area contributed by atoms with Gasteiger partial charge in [-0.2, -0.15) is 0 Å². The molecule has 1 aromatic carbocycles. The molecule has 0 atom stereocenters. The van der Waals surface area contributed by atoms with Gasteiger partial charge in [0.15, 0.2) is 5.78 Å². The first-order chi connectivity index (χ1) is 13.4. The summed E-state index contributed by atoms with van der Waals surface area (Å²) in [4.78, 5) is 45.8. The van der Waals surface area contributed by atoms with E-state index >= 15 is 0 Å². The van der Waals surface area contributed by atoms with Crippen LogP contribution in [0.4, 0.5) is 5.69 Å². The minimum atomic E-state index is -0.482. The maximum Gasteiger partial charge on any atom is 1.00 e. The third-order valence-corrected chi connectivity index (χ3v) is 3.61. The van der Waals surface area contributed by atoms with Crippen LogP contribution in [0.2, 0.25) is 0 Å². The smallest absolute Gasteiger partial charge is 0.625 e. The summed E-state index contributed by atoms with van der Waals surface area (Å²) < 4.78 is 4.91. The Labute approximate surface area is 220 Å². The van der Waals surface area contributed by atoms with E-state index in [0.29, 0.717) is 18.8 Å². The van der Waals surface area contributed by atoms with Crippen LogP contribution >= 0.6 is 0 Å². The largest absolute Gasteiger partial charge is 1.00 e. The minimum Gasteiger partial charge on any atom is -0.625 e. The zero-order chi connectivity index (χ0) is 20.8. The van der Waals surface area contributed by atoms with E-state index in [1.807, 2.05) is 0 Å². The zero-order valence-electron chi connectivity index (χ0n) is 17.5. The second-order valence-electron chi connectivity index (χ2n) is 6.35. The van der Waals surface area contributed by atoms with Crippen LogP contribution in [0.3, 0.4) is 0 Å². The molecular formula is C20H28N3O5Rb. The third kappa shape index (κ3) is 14.7. The monoisotopic (exact) mass is 475 g/mol. The summed E-state index contributed by atoms with van der Waals surface area (Å²) in [5.74, 6) is -0.895. The van der Waals surface area contributed by atoms with Gasteiger partial charge in [-0.15, -0.1) is 5.69 Å². The van der Waals surface area contributed by atoms with Gasteiger partial charge in [0.1, 0.15) is 6.61 Å². The van der Waals surface area contributed by atoms with Gasteiger partial charge in [0.25, 0.3) is 0 Å². The summed E-state index contributed by atoms with van der Waals surface area (Å²) in [5, 5.41) is 9.36. The standard InChI is InChI=1S/C20H29N3O5.Rb/c1-3-4-10-21-18(25)9-11-22-19(26)12-16-5-7-17(8-6-16)23-20(27)14-28-13-15(2)24;/h5-8H,3-4,9-14H2,1-2H3,(H3,21,22,23,25,26,27);/q;+1/p-1. The Morgan fingerprint density at radius 1 is 0.966 bits per heavy atom. The fourth-order valence-electron chi connectivity index (χ4n) is 2.20. The number of carbonyl (C=O) groups excluding carboxylic acids is 4. The van der Waals surface area contributed by atoms with E-state index in [1.54, 1.807) is 24.3 Å². The summed E-state index contributed by atoms with van der Waals surface area (Å²) in [5.41, 5.74) is 1.22. The van der Waals surface area contributed by atoms with Crippen molar-refractivity contribution in [2.75, 3.05) is 26.3 Å². The molecule has 29 heavy (non-hydrogen) atoms. The number of Topliss-reactive ketones (excluding diaryl/α,β-unsaturated/α-hetero) is 1. The normalized spacial score (nSPS) is 9.86. The van der Waals surface area contributed by atoms with Crippen LogP contribution in [-0.2, 0) is 30.3 Å². The fraction of sp³-hybridized carbons (Fsp3) is 0.500. The molecule has 2 N–H and O–H groups in total. The van der Waals surface area contributed by atoms with Gasteiger partial charge in [0, 0.05) is 19.5 Å². The summed E-state index contributed by atoms with van der Waals surface area (Å²) in [6, 6.07) is 6.68. The van der Waals surface area contributed by atoms with Crippen molar-refractivity contribution in [3.8, 4) is 0 Å². The van der Waals surface area contributed by atoms with E-state index in [2.05, 4.69) is 22.9 Å². The molecule has 0 aliphatic rings. The average Bonchev–Trinajstić information content (AvgIpc) is 2.63. The summed E-state index contributed by atoms with van der Waals surface area (Å²) >= 11 is 0. The van der Waals surface area contributed by atoms with E-state index < -0.39 is 5.91 Å². The molecule has 8 nitrogen and oxygen atoms in total. The number of hydrogen-bond donors (Lipinski definition) is 2. The van der Waals surface area contributed by atoms with E-state index in [4.69, 9.17) is 4.74 Å². The molecule has 9 heteroatoms. The summed E-state index contributed by atoms with van der Waals surface area (Å²) in [7, 11) is 0. The van der Waals surface area contributed by atoms with Crippen LogP contribution in [-0.4, -0.2) is 49.8 Å². The van der Waals surface area contributed by atoms with Crippen LogP contribution in [0.1, 0.15) is 38.7 Å². The van der Waals surface area contributed by atoms with Gasteiger partial charge in [0.05, 0.1) is 18.9 Å². The van der Waals surface area contributed by atoms with Crippen LogP contribution in [0.15, 0.2) is 24.3 Å². The SMILES string of the molecule is CCCCNC(=O)CCNC(=O)Cc1ccc([N-]C(=O)COCC(C)=O)cc1.[Rb+]. The van der Waals surface area contributed by atoms with Gasteiger partial charge in [0.2, 0.25) is 11.8 Å². The molecule has 154 valence electrons. The van der Waals surface area contributed by atoms with Crippen molar-refractivity contribution in [1.29, 1.82) is 0 Å². The first-order valence-electron chi connectivity index (χ1n) is 9.34. The molecule has 0 bridgehead atoms. The van der Waals surface area contributed by atoms with Gasteiger partial charge in [-0.3, -0.25) is 14.4 Å². The number of amides is 3. The van der Waals surface area contributed by atoms with Crippen LogP contribution in [0.25, 0.3) is 5.32 Å². The van der Waals surface area contributed by atoms with Crippen LogP contribution in [0, 0.1) is 0 Å². The molecule has 0 unspecified atom stereocenters. The Hall–Kier alpha value is -0.935. The van der Waals surface area contributed by atoms with Gasteiger partial charge >= 0.3 is 58.2 Å². The second kappa shape index (κ2) is 16.8. The Morgan fingerprint density at radius 3 is 2.24 bits per heavy atom. The Bertz CT molecular complexity index is 665. The van der Waals surface area contributed by atoms with Crippen molar-refractivity contribution in [2.45, 2.75) is 39.5 Å². The fourth-order valence-corrected chi connectivity index (χ4v) is 2.20. The van der Waals surface area contributed by atoms with Gasteiger partial charge in [-0.1, -0.05) is 37.6 Å². The molecular weight excluding hydrogens is 448 g/mol. The molecule has 3 amide bonds. The number of rotatable bonds is 13. The van der Waals surface area contributed by atoms with Crippen molar-refractivity contribution < 1.29 is 82.1 Å². The molecule has 0 saturated heterocycles. The maximum atomic E-state index is 11.9. The summed E-state index contributed by atoms with van der Waals surface area (Å²) in [6.45, 7) is 4.01. The zero-order valence-corrected chi connectivity index (χ0v) is 22.4. The number of unbranched alkanes of at least 4 members (excludes halogenated alkanes) is 1. The number of carbonyl (C=O) groups is 4. The van der Waals surface area contributed by atoms with Gasteiger partial charge < -0.3 is 25.5 Å². The molecule has 0 fully saturated rings. The molecule has 0 saturated carbocycles. The first kappa shape index (κ1) is 28.1. The first-order valence-corrected chi connectivity index (χ1v) is 9.34. The molecule has 1 aromatic rings. The minimum absolute atomic E-state index is 0. The molecule has 0 spiro atoms. The Morgan fingerprint density at radius 2 is 1.62 bits per heavy atom. The van der Waals surface area contributed by atoms with Crippen molar-refractivity contribution in [2.24, 2.45) is 0 Å². The predicted octanol–water partition coefficient (Wildman–Crippen LogP) is -1.21. The summed E-state index contributed by atoms with van der Waals surface area (Å²) in [6.07, 6.45) is 2.39. The Kier molecular flexibility index (Phi) is 16.3. The topological polar surface area (TPSA) is 116 Å². The quantitative estimate of drug-likeness (QED) is 0.347. The van der Waals surface area contributed by atoms with Gasteiger partial charge in [-0.25, -0.2) is 0 Å². The number of benzene rings is 1. The number of hydrogen-bond acceptors (Lipinski definition) is 5. The average molecular weight is 476 g/mol. The second-order valence-corrected chi connectivity index (χ2v) is 6.35. The molecule has 0 aliphatic carbocycles. The molecule has 1 rings (SSSR count). The van der Waals surface area contributed by atoms with E-state index in [-0.39, 0.29) is 102 Å². The third-order valence-electron chi connectivity index (χ3n) is 3.61. The van der Waals surface area contributed by atoms with E-state index in [0.717, 1.165) is 18.4 Å². The number of ether oxygens (including phenoxy) is 1. The maximum absolute atomic E-state index is 11.9. The molecule has 0 aliphatic heterocycles. The molecule has 0 radical (unpaired) electrons. The van der Waals surface area contributed by atoms with Crippen molar-refractivity contribution in [3.05, 3.63) is 35.1 Å². The Balaban J connectivity index is 0.00000784.